The number of alkyl halides is 3. The van der Waals surface area contributed by atoms with E-state index in [0.29, 0.717) is 10.4 Å². The van der Waals surface area contributed by atoms with Crippen LogP contribution < -0.4 is 10.3 Å². The highest BCUT2D eigenvalue weighted by molar-refractivity contribution is 5.39. The van der Waals surface area contributed by atoms with Gasteiger partial charge in [-0.15, -0.1) is 0 Å². The molecule has 0 aliphatic heterocycles. The van der Waals surface area contributed by atoms with Crippen LogP contribution in [0.3, 0.4) is 0 Å². The highest BCUT2D eigenvalue weighted by Gasteiger charge is 2.37. The molecular formula is C19H21F3N2O3. The molecule has 3 rings (SSSR count). The summed E-state index contributed by atoms with van der Waals surface area (Å²) in [5.74, 6) is 0.556. The van der Waals surface area contributed by atoms with Gasteiger partial charge in [0.1, 0.15) is 24.0 Å². The van der Waals surface area contributed by atoms with Gasteiger partial charge in [0.2, 0.25) is 0 Å². The molecule has 1 heterocycles. The maximum Gasteiger partial charge on any atom is 0.421 e. The van der Waals surface area contributed by atoms with Gasteiger partial charge in [0, 0.05) is 5.92 Å². The summed E-state index contributed by atoms with van der Waals surface area (Å²) in [5.41, 5.74) is -0.495. The van der Waals surface area contributed by atoms with Crippen molar-refractivity contribution in [1.29, 1.82) is 0 Å². The molecule has 27 heavy (non-hydrogen) atoms. The van der Waals surface area contributed by atoms with E-state index >= 15 is 0 Å². The predicted octanol–water partition coefficient (Wildman–Crippen LogP) is 3.20. The molecule has 1 unspecified atom stereocenters. The van der Waals surface area contributed by atoms with Gasteiger partial charge in [0.05, 0.1) is 12.2 Å². The van der Waals surface area contributed by atoms with E-state index in [1.807, 2.05) is 32.0 Å². The van der Waals surface area contributed by atoms with Crippen LogP contribution in [0.15, 0.2) is 29.1 Å². The Bertz CT molecular complexity index is 868. The molecule has 0 saturated heterocycles. The maximum absolute atomic E-state index is 13.2. The maximum atomic E-state index is 13.2. The topological polar surface area (TPSA) is 64.3 Å². The normalized spacial score (nSPS) is 15.6. The molecule has 0 amide bonds. The van der Waals surface area contributed by atoms with Crippen molar-refractivity contribution < 1.29 is 23.0 Å². The Balaban J connectivity index is 1.78. The summed E-state index contributed by atoms with van der Waals surface area (Å²) < 4.78 is 45.8. The smallest absolute Gasteiger partial charge is 0.421 e. The van der Waals surface area contributed by atoms with E-state index in [-0.39, 0.29) is 24.8 Å². The van der Waals surface area contributed by atoms with Crippen molar-refractivity contribution in [2.75, 3.05) is 6.61 Å². The number of aryl methyl sites for hydroxylation is 2. The quantitative estimate of drug-likeness (QED) is 0.833. The minimum atomic E-state index is -4.76. The van der Waals surface area contributed by atoms with Gasteiger partial charge in [0.25, 0.3) is 5.56 Å². The lowest BCUT2D eigenvalue weighted by Gasteiger charge is -2.17. The fraction of sp³-hybridized carbons (Fsp3) is 0.474. The van der Waals surface area contributed by atoms with E-state index in [1.54, 1.807) is 0 Å². The number of nitrogens with zero attached hydrogens (tertiary/aromatic N) is 2. The number of rotatable bonds is 6. The number of hydrogen-bond acceptors (Lipinski definition) is 4. The van der Waals surface area contributed by atoms with Gasteiger partial charge in [-0.1, -0.05) is 18.2 Å². The van der Waals surface area contributed by atoms with E-state index in [4.69, 9.17) is 4.74 Å². The third-order valence-electron chi connectivity index (χ3n) is 4.51. The van der Waals surface area contributed by atoms with Crippen molar-refractivity contribution in [3.63, 3.8) is 0 Å². The molecule has 1 aliphatic rings. The second kappa shape index (κ2) is 7.34. The van der Waals surface area contributed by atoms with Crippen molar-refractivity contribution in [3.8, 4) is 5.75 Å². The first kappa shape index (κ1) is 19.4. The third-order valence-corrected chi connectivity index (χ3v) is 4.51. The molecule has 1 saturated carbocycles. The molecule has 0 radical (unpaired) electrons. The van der Waals surface area contributed by atoms with Crippen LogP contribution in [0, 0.1) is 13.8 Å². The van der Waals surface area contributed by atoms with Crippen molar-refractivity contribution in [1.82, 2.24) is 9.78 Å². The Kier molecular flexibility index (Phi) is 5.28. The van der Waals surface area contributed by atoms with Gasteiger partial charge in [-0.25, -0.2) is 4.68 Å². The van der Waals surface area contributed by atoms with Crippen LogP contribution in [0.4, 0.5) is 13.2 Å². The molecule has 1 aromatic carbocycles. The van der Waals surface area contributed by atoms with Crippen molar-refractivity contribution in [3.05, 3.63) is 57.0 Å². The number of halogens is 3. The van der Waals surface area contributed by atoms with Crippen molar-refractivity contribution in [2.45, 2.75) is 51.4 Å². The Labute approximate surface area is 154 Å². The minimum absolute atomic E-state index is 0.0547. The zero-order chi connectivity index (χ0) is 19.8. The Morgan fingerprint density at radius 2 is 1.93 bits per heavy atom. The highest BCUT2D eigenvalue weighted by atomic mass is 19.4. The highest BCUT2D eigenvalue weighted by Crippen LogP contribution is 2.40. The summed E-state index contributed by atoms with van der Waals surface area (Å²) in [6.45, 7) is 3.19. The molecule has 1 fully saturated rings. The Hall–Kier alpha value is -2.35. The second-order valence-electron chi connectivity index (χ2n) is 6.93. The molecule has 1 aromatic heterocycles. The first-order valence-corrected chi connectivity index (χ1v) is 8.73. The molecular weight excluding hydrogens is 361 g/mol. The standard InChI is InChI=1S/C19H21F3N2O3/c1-11-4-3-5-12(2)17(11)27-10-14(25)9-24-18(26)15(19(20,21)22)8-16(23-24)13-6-7-13/h3-5,8,13-14,25H,6-7,9-10H2,1-2H3. The summed E-state index contributed by atoms with van der Waals surface area (Å²) in [5, 5.41) is 14.2. The number of ether oxygens (including phenoxy) is 1. The second-order valence-corrected chi connectivity index (χ2v) is 6.93. The average molecular weight is 382 g/mol. The molecule has 1 aliphatic carbocycles. The van der Waals surface area contributed by atoms with E-state index in [2.05, 4.69) is 5.10 Å². The molecule has 146 valence electrons. The Morgan fingerprint density at radius 3 is 2.48 bits per heavy atom. The lowest BCUT2D eigenvalue weighted by Crippen LogP contribution is -2.36. The first-order chi connectivity index (χ1) is 12.7. The summed E-state index contributed by atoms with van der Waals surface area (Å²) in [6, 6.07) is 6.42. The fourth-order valence-corrected chi connectivity index (χ4v) is 2.93. The Morgan fingerprint density at radius 1 is 1.30 bits per heavy atom. The number of benzene rings is 1. The summed E-state index contributed by atoms with van der Waals surface area (Å²) in [7, 11) is 0. The molecule has 5 nitrogen and oxygen atoms in total. The van der Waals surface area contributed by atoms with Crippen LogP contribution in [0.1, 0.15) is 41.1 Å². The van der Waals surface area contributed by atoms with Crippen LogP contribution in [0.25, 0.3) is 0 Å². The fourth-order valence-electron chi connectivity index (χ4n) is 2.93. The molecule has 1 atom stereocenters. The summed E-state index contributed by atoms with van der Waals surface area (Å²) >= 11 is 0. The van der Waals surface area contributed by atoms with Gasteiger partial charge < -0.3 is 9.84 Å². The largest absolute Gasteiger partial charge is 0.490 e. The monoisotopic (exact) mass is 382 g/mol. The van der Waals surface area contributed by atoms with Crippen LogP contribution in [0.2, 0.25) is 0 Å². The molecule has 8 heteroatoms. The van der Waals surface area contributed by atoms with Gasteiger partial charge in [-0.3, -0.25) is 4.79 Å². The third kappa shape index (κ3) is 4.50. The van der Waals surface area contributed by atoms with Crippen LogP contribution in [-0.2, 0) is 12.7 Å². The van der Waals surface area contributed by atoms with E-state index in [0.717, 1.165) is 30.0 Å². The van der Waals surface area contributed by atoms with Crippen LogP contribution >= 0.6 is 0 Å². The van der Waals surface area contributed by atoms with E-state index < -0.39 is 23.4 Å². The zero-order valence-corrected chi connectivity index (χ0v) is 15.1. The number of aliphatic hydroxyl groups is 1. The average Bonchev–Trinajstić information content (AvgIpc) is 3.40. The van der Waals surface area contributed by atoms with Crippen molar-refractivity contribution in [2.24, 2.45) is 0 Å². The SMILES string of the molecule is Cc1cccc(C)c1OCC(O)Cn1nc(C2CC2)cc(C(F)(F)F)c1=O. The van der Waals surface area contributed by atoms with Gasteiger partial charge >= 0.3 is 6.18 Å². The van der Waals surface area contributed by atoms with E-state index in [1.165, 1.54) is 0 Å². The van der Waals surface area contributed by atoms with Crippen molar-refractivity contribution >= 4 is 0 Å². The first-order valence-electron chi connectivity index (χ1n) is 8.73. The summed E-state index contributed by atoms with van der Waals surface area (Å²) in [4.78, 5) is 12.2. The summed E-state index contributed by atoms with van der Waals surface area (Å²) in [6.07, 6.45) is -4.43. The number of hydrogen-bond donors (Lipinski definition) is 1. The molecule has 1 N–H and O–H groups in total. The molecule has 0 spiro atoms. The number of para-hydroxylation sites is 1. The lowest BCUT2D eigenvalue weighted by atomic mass is 10.1. The van der Waals surface area contributed by atoms with Crippen LogP contribution in [0.5, 0.6) is 5.75 Å². The molecule has 0 bridgehead atoms. The van der Waals surface area contributed by atoms with E-state index in [9.17, 15) is 23.1 Å². The van der Waals surface area contributed by atoms with Gasteiger partial charge in [-0.2, -0.15) is 18.3 Å². The van der Waals surface area contributed by atoms with Crippen LogP contribution in [-0.4, -0.2) is 27.6 Å². The number of aliphatic hydroxyl groups excluding tert-OH is 1. The lowest BCUT2D eigenvalue weighted by molar-refractivity contribution is -0.139. The zero-order valence-electron chi connectivity index (χ0n) is 15.1. The predicted molar refractivity (Wildman–Crippen MR) is 92.9 cm³/mol. The van der Waals surface area contributed by atoms with Gasteiger partial charge in [0.15, 0.2) is 0 Å². The van der Waals surface area contributed by atoms with Gasteiger partial charge in [-0.05, 0) is 43.9 Å². The molecule has 2 aromatic rings. The number of aromatic nitrogens is 2. The minimum Gasteiger partial charge on any atom is -0.490 e.